The second-order valence-corrected chi connectivity index (χ2v) is 7.80. The van der Waals surface area contributed by atoms with E-state index < -0.39 is 10.0 Å². The second-order valence-electron chi connectivity index (χ2n) is 6.15. The highest BCUT2D eigenvalue weighted by Gasteiger charge is 2.20. The van der Waals surface area contributed by atoms with Crippen molar-refractivity contribution in [1.82, 2.24) is 0 Å². The van der Waals surface area contributed by atoms with Crippen LogP contribution < -0.4 is 9.62 Å². The Morgan fingerprint density at radius 1 is 0.960 bits per heavy atom. The maximum absolute atomic E-state index is 12.9. The number of anilines is 2. The van der Waals surface area contributed by atoms with Crippen molar-refractivity contribution in [2.75, 3.05) is 23.7 Å². The number of benzene rings is 3. The maximum Gasteiger partial charge on any atom is 0.262 e. The molecule has 2 N–H and O–H groups in total. The number of aryl methyl sites for hydroxylation is 1. The van der Waals surface area contributed by atoms with E-state index in [9.17, 15) is 13.5 Å². The van der Waals surface area contributed by atoms with Crippen LogP contribution in [0.4, 0.5) is 11.4 Å². The monoisotopic (exact) mass is 356 g/mol. The van der Waals surface area contributed by atoms with Crippen LogP contribution in [-0.2, 0) is 10.0 Å². The Kier molecular flexibility index (Phi) is 4.30. The molecule has 0 aromatic heterocycles. The number of phenolic OH excluding ortho intramolecular Hbond substituents is 1. The Labute approximate surface area is 147 Å². The van der Waals surface area contributed by atoms with Gasteiger partial charge < -0.3 is 10.0 Å². The third kappa shape index (κ3) is 3.25. The van der Waals surface area contributed by atoms with Crippen LogP contribution in [0.2, 0.25) is 0 Å². The van der Waals surface area contributed by atoms with Gasteiger partial charge in [-0.15, -0.1) is 0 Å². The fraction of sp³-hybridized carbons (Fsp3) is 0.158. The van der Waals surface area contributed by atoms with Gasteiger partial charge >= 0.3 is 0 Å². The molecule has 0 saturated heterocycles. The first-order valence-electron chi connectivity index (χ1n) is 7.81. The van der Waals surface area contributed by atoms with E-state index in [0.29, 0.717) is 5.39 Å². The Morgan fingerprint density at radius 3 is 2.32 bits per heavy atom. The molecular weight excluding hydrogens is 336 g/mol. The zero-order valence-electron chi connectivity index (χ0n) is 14.3. The first kappa shape index (κ1) is 17.1. The first-order chi connectivity index (χ1) is 11.8. The zero-order valence-corrected chi connectivity index (χ0v) is 15.1. The summed E-state index contributed by atoms with van der Waals surface area (Å²) in [6.07, 6.45) is 0. The summed E-state index contributed by atoms with van der Waals surface area (Å²) in [6.45, 7) is 1.82. The van der Waals surface area contributed by atoms with E-state index in [4.69, 9.17) is 0 Å². The number of hydrogen-bond acceptors (Lipinski definition) is 4. The van der Waals surface area contributed by atoms with Gasteiger partial charge in [0, 0.05) is 30.6 Å². The molecule has 0 radical (unpaired) electrons. The fourth-order valence-corrected chi connectivity index (χ4v) is 4.11. The van der Waals surface area contributed by atoms with Crippen molar-refractivity contribution in [3.63, 3.8) is 0 Å². The fourth-order valence-electron chi connectivity index (χ4n) is 2.82. The lowest BCUT2D eigenvalue weighted by atomic mass is 10.1. The summed E-state index contributed by atoms with van der Waals surface area (Å²) in [5.41, 5.74) is 1.94. The molecule has 25 heavy (non-hydrogen) atoms. The van der Waals surface area contributed by atoms with Crippen molar-refractivity contribution in [3.8, 4) is 5.75 Å². The van der Waals surface area contributed by atoms with Crippen LogP contribution in [-0.4, -0.2) is 27.6 Å². The van der Waals surface area contributed by atoms with Crippen molar-refractivity contribution in [2.24, 2.45) is 0 Å². The number of nitrogens with zero attached hydrogens (tertiary/aromatic N) is 1. The highest BCUT2D eigenvalue weighted by atomic mass is 32.2. The third-order valence-electron chi connectivity index (χ3n) is 4.03. The molecule has 0 heterocycles. The zero-order chi connectivity index (χ0) is 18.2. The molecule has 0 unspecified atom stereocenters. The predicted molar refractivity (Wildman–Crippen MR) is 102 cm³/mol. The molecule has 0 bridgehead atoms. The molecule has 0 aliphatic heterocycles. The maximum atomic E-state index is 12.9. The Morgan fingerprint density at radius 2 is 1.64 bits per heavy atom. The molecule has 0 amide bonds. The number of sulfonamides is 1. The summed E-state index contributed by atoms with van der Waals surface area (Å²) in [7, 11) is -0.0158. The lowest BCUT2D eigenvalue weighted by Crippen LogP contribution is -2.14. The van der Waals surface area contributed by atoms with Crippen molar-refractivity contribution < 1.29 is 13.5 Å². The van der Waals surface area contributed by atoms with Gasteiger partial charge in [0.1, 0.15) is 5.75 Å². The number of phenols is 1. The Balaban J connectivity index is 2.13. The van der Waals surface area contributed by atoms with E-state index in [-0.39, 0.29) is 16.3 Å². The molecule has 3 aromatic carbocycles. The van der Waals surface area contributed by atoms with E-state index in [1.165, 1.54) is 6.07 Å². The minimum atomic E-state index is -3.85. The van der Waals surface area contributed by atoms with Crippen LogP contribution in [0.3, 0.4) is 0 Å². The highest BCUT2D eigenvalue weighted by molar-refractivity contribution is 7.93. The Bertz CT molecular complexity index is 1040. The quantitative estimate of drug-likeness (QED) is 0.699. The number of rotatable bonds is 4. The van der Waals surface area contributed by atoms with E-state index in [2.05, 4.69) is 4.72 Å². The van der Waals surface area contributed by atoms with Gasteiger partial charge in [-0.3, -0.25) is 4.72 Å². The summed E-state index contributed by atoms with van der Waals surface area (Å²) in [4.78, 5) is 2.12. The summed E-state index contributed by atoms with van der Waals surface area (Å²) < 4.78 is 28.3. The van der Waals surface area contributed by atoms with E-state index in [1.54, 1.807) is 30.3 Å². The van der Waals surface area contributed by atoms with Gasteiger partial charge in [-0.05, 0) is 36.8 Å². The Hall–Kier alpha value is -2.73. The van der Waals surface area contributed by atoms with Gasteiger partial charge in [0.25, 0.3) is 10.0 Å². The van der Waals surface area contributed by atoms with Crippen molar-refractivity contribution in [3.05, 3.63) is 60.2 Å². The molecule has 6 heteroatoms. The predicted octanol–water partition coefficient (Wildman–Crippen LogP) is 3.72. The molecule has 0 fully saturated rings. The SMILES string of the molecule is Cc1ccc(NS(=O)(=O)c2cccc3c(N(C)C)cccc23)c(O)c1. The van der Waals surface area contributed by atoms with Crippen molar-refractivity contribution in [1.29, 1.82) is 0 Å². The summed E-state index contributed by atoms with van der Waals surface area (Å²) in [6, 6.07) is 15.6. The number of fused-ring (bicyclic) bond motifs is 1. The van der Waals surface area contributed by atoms with E-state index in [0.717, 1.165) is 16.6 Å². The molecule has 3 rings (SSSR count). The van der Waals surface area contributed by atoms with Crippen LogP contribution in [0.25, 0.3) is 10.8 Å². The second kappa shape index (κ2) is 6.29. The summed E-state index contributed by atoms with van der Waals surface area (Å²) in [5, 5.41) is 11.5. The number of hydrogen-bond donors (Lipinski definition) is 2. The minimum Gasteiger partial charge on any atom is -0.506 e. The van der Waals surface area contributed by atoms with Gasteiger partial charge in [-0.25, -0.2) is 8.42 Å². The van der Waals surface area contributed by atoms with Crippen LogP contribution in [0.15, 0.2) is 59.5 Å². The molecular formula is C19H20N2O3S. The molecule has 0 atom stereocenters. The molecule has 130 valence electrons. The van der Waals surface area contributed by atoms with Gasteiger partial charge in [0.05, 0.1) is 10.6 Å². The average molecular weight is 356 g/mol. The highest BCUT2D eigenvalue weighted by Crippen LogP contribution is 2.32. The average Bonchev–Trinajstić information content (AvgIpc) is 2.56. The van der Waals surface area contributed by atoms with Gasteiger partial charge in [0.2, 0.25) is 0 Å². The molecule has 0 aliphatic rings. The lowest BCUT2D eigenvalue weighted by Gasteiger charge is -2.17. The lowest BCUT2D eigenvalue weighted by molar-refractivity contribution is 0.477. The third-order valence-corrected chi connectivity index (χ3v) is 5.45. The van der Waals surface area contributed by atoms with Crippen molar-refractivity contribution >= 4 is 32.2 Å². The summed E-state index contributed by atoms with van der Waals surface area (Å²) >= 11 is 0. The molecule has 0 aliphatic carbocycles. The van der Waals surface area contributed by atoms with Gasteiger partial charge in [-0.1, -0.05) is 30.3 Å². The molecule has 0 saturated carbocycles. The van der Waals surface area contributed by atoms with Crippen LogP contribution in [0.5, 0.6) is 5.75 Å². The topological polar surface area (TPSA) is 69.6 Å². The van der Waals surface area contributed by atoms with E-state index in [1.807, 2.05) is 44.1 Å². The molecule has 3 aromatic rings. The van der Waals surface area contributed by atoms with Crippen molar-refractivity contribution in [2.45, 2.75) is 11.8 Å². The summed E-state index contributed by atoms with van der Waals surface area (Å²) in [5.74, 6) is -0.0993. The van der Waals surface area contributed by atoms with Crippen LogP contribution in [0.1, 0.15) is 5.56 Å². The van der Waals surface area contributed by atoms with E-state index >= 15 is 0 Å². The van der Waals surface area contributed by atoms with Gasteiger partial charge in [0.15, 0.2) is 0 Å². The smallest absolute Gasteiger partial charge is 0.262 e. The normalized spacial score (nSPS) is 11.5. The molecule has 0 spiro atoms. The van der Waals surface area contributed by atoms with Gasteiger partial charge in [-0.2, -0.15) is 0 Å². The number of nitrogens with one attached hydrogen (secondary N) is 1. The molecule has 5 nitrogen and oxygen atoms in total. The largest absolute Gasteiger partial charge is 0.506 e. The first-order valence-corrected chi connectivity index (χ1v) is 9.29. The standard InChI is InChI=1S/C19H20N2O3S/c1-13-10-11-16(18(22)12-13)20-25(23,24)19-9-5-6-14-15(19)7-4-8-17(14)21(2)3/h4-12,20,22H,1-3H3. The number of aromatic hydroxyl groups is 1. The van der Waals surface area contributed by atoms with Crippen LogP contribution >= 0.6 is 0 Å². The minimum absolute atomic E-state index is 0.0993. The van der Waals surface area contributed by atoms with Crippen LogP contribution in [0, 0.1) is 6.92 Å².